The predicted molar refractivity (Wildman–Crippen MR) is 73.9 cm³/mol. The van der Waals surface area contributed by atoms with E-state index in [0.29, 0.717) is 11.0 Å². The van der Waals surface area contributed by atoms with Crippen molar-refractivity contribution in [2.24, 2.45) is 0 Å². The Morgan fingerprint density at radius 2 is 1.89 bits per heavy atom. The molecule has 0 bridgehead atoms. The number of aromatic hydroxyl groups is 1. The number of benzene rings is 1. The number of hydrogen-bond acceptors (Lipinski definition) is 3. The van der Waals surface area contributed by atoms with E-state index >= 15 is 0 Å². The highest BCUT2D eigenvalue weighted by Crippen LogP contribution is 2.28. The molecule has 3 aromatic rings. The van der Waals surface area contributed by atoms with E-state index < -0.39 is 0 Å². The molecule has 2 heterocycles. The average molecular weight is 275 g/mol. The molecule has 0 saturated carbocycles. The van der Waals surface area contributed by atoms with E-state index in [2.05, 4.69) is 4.98 Å². The third kappa shape index (κ3) is 2.00. The maximum Gasteiger partial charge on any atom is 0.155 e. The Balaban J connectivity index is 2.20. The molecule has 0 radical (unpaired) electrons. The number of ether oxygens (including phenoxy) is 1. The lowest BCUT2D eigenvalue weighted by atomic mass is 10.2. The minimum atomic E-state index is 0.163. The van der Waals surface area contributed by atoms with Gasteiger partial charge in [0, 0.05) is 5.56 Å². The molecule has 0 saturated heterocycles. The lowest BCUT2D eigenvalue weighted by Crippen LogP contribution is -1.89. The van der Waals surface area contributed by atoms with Gasteiger partial charge in [-0.2, -0.15) is 0 Å². The van der Waals surface area contributed by atoms with Crippen molar-refractivity contribution in [1.82, 2.24) is 9.38 Å². The maximum atomic E-state index is 9.58. The molecule has 5 heteroatoms. The van der Waals surface area contributed by atoms with Crippen LogP contribution in [0.2, 0.25) is 5.15 Å². The SMILES string of the molecule is COc1ccc(-c2nc(Cl)c3ccc(O)cn23)cc1. The van der Waals surface area contributed by atoms with Crippen molar-refractivity contribution in [3.05, 3.63) is 47.7 Å². The van der Waals surface area contributed by atoms with Crippen LogP contribution in [0.25, 0.3) is 16.9 Å². The zero-order chi connectivity index (χ0) is 13.4. The highest BCUT2D eigenvalue weighted by atomic mass is 35.5. The van der Waals surface area contributed by atoms with Gasteiger partial charge in [0.05, 0.1) is 18.8 Å². The summed E-state index contributed by atoms with van der Waals surface area (Å²) in [5.74, 6) is 1.62. The lowest BCUT2D eigenvalue weighted by molar-refractivity contribution is 0.415. The Bertz CT molecular complexity index is 735. The van der Waals surface area contributed by atoms with Gasteiger partial charge in [-0.3, -0.25) is 4.40 Å². The summed E-state index contributed by atoms with van der Waals surface area (Å²) in [5, 5.41) is 9.99. The van der Waals surface area contributed by atoms with Gasteiger partial charge in [-0.05, 0) is 36.4 Å². The largest absolute Gasteiger partial charge is 0.506 e. The maximum absolute atomic E-state index is 9.58. The molecule has 0 fully saturated rings. The Labute approximate surface area is 114 Å². The summed E-state index contributed by atoms with van der Waals surface area (Å²) >= 11 is 6.10. The molecule has 19 heavy (non-hydrogen) atoms. The fourth-order valence-electron chi connectivity index (χ4n) is 1.98. The molecule has 0 aliphatic heterocycles. The van der Waals surface area contributed by atoms with Crippen LogP contribution in [0.1, 0.15) is 0 Å². The number of rotatable bonds is 2. The molecule has 1 aromatic carbocycles. The van der Waals surface area contributed by atoms with Crippen LogP contribution in [0.5, 0.6) is 11.5 Å². The Morgan fingerprint density at radius 1 is 1.16 bits per heavy atom. The fourth-order valence-corrected chi connectivity index (χ4v) is 2.21. The second kappa shape index (κ2) is 4.48. The van der Waals surface area contributed by atoms with Gasteiger partial charge in [0.1, 0.15) is 17.3 Å². The molecule has 1 N–H and O–H groups in total. The minimum absolute atomic E-state index is 0.163. The van der Waals surface area contributed by atoms with Crippen LogP contribution in [0, 0.1) is 0 Å². The summed E-state index contributed by atoms with van der Waals surface area (Å²) in [6.07, 6.45) is 1.59. The topological polar surface area (TPSA) is 46.8 Å². The van der Waals surface area contributed by atoms with E-state index in [-0.39, 0.29) is 5.75 Å². The van der Waals surface area contributed by atoms with Crippen LogP contribution in [0.15, 0.2) is 42.6 Å². The normalized spacial score (nSPS) is 10.8. The molecule has 0 amide bonds. The summed E-state index contributed by atoms with van der Waals surface area (Å²) < 4.78 is 6.89. The van der Waals surface area contributed by atoms with E-state index in [0.717, 1.165) is 16.8 Å². The van der Waals surface area contributed by atoms with Gasteiger partial charge in [-0.1, -0.05) is 11.6 Å². The van der Waals surface area contributed by atoms with Gasteiger partial charge in [0.25, 0.3) is 0 Å². The van der Waals surface area contributed by atoms with Crippen molar-refractivity contribution in [2.45, 2.75) is 0 Å². The van der Waals surface area contributed by atoms with Crippen LogP contribution in [-0.4, -0.2) is 21.6 Å². The van der Waals surface area contributed by atoms with Crippen molar-refractivity contribution in [3.63, 3.8) is 0 Å². The highest BCUT2D eigenvalue weighted by Gasteiger charge is 2.11. The molecule has 96 valence electrons. The number of halogens is 1. The first-order valence-electron chi connectivity index (χ1n) is 5.70. The number of aromatic nitrogens is 2. The van der Waals surface area contributed by atoms with Gasteiger partial charge in [-0.25, -0.2) is 4.98 Å². The quantitative estimate of drug-likeness (QED) is 0.779. The summed E-state index contributed by atoms with van der Waals surface area (Å²) in [4.78, 5) is 4.33. The highest BCUT2D eigenvalue weighted by molar-refractivity contribution is 6.32. The number of fused-ring (bicyclic) bond motifs is 1. The Kier molecular flexibility index (Phi) is 2.80. The number of imidazole rings is 1. The van der Waals surface area contributed by atoms with Crippen LogP contribution in [-0.2, 0) is 0 Å². The average Bonchev–Trinajstić information content (AvgIpc) is 2.75. The lowest BCUT2D eigenvalue weighted by Gasteiger charge is -2.03. The van der Waals surface area contributed by atoms with Crippen LogP contribution >= 0.6 is 11.6 Å². The van der Waals surface area contributed by atoms with Gasteiger partial charge < -0.3 is 9.84 Å². The molecular weight excluding hydrogens is 264 g/mol. The number of hydrogen-bond donors (Lipinski definition) is 1. The van der Waals surface area contributed by atoms with Gasteiger partial charge in [0.2, 0.25) is 0 Å². The van der Waals surface area contributed by atoms with Crippen LogP contribution in [0.4, 0.5) is 0 Å². The molecule has 0 atom stereocenters. The number of pyridine rings is 1. The number of methoxy groups -OCH3 is 1. The monoisotopic (exact) mass is 274 g/mol. The van der Waals surface area contributed by atoms with Crippen LogP contribution in [0.3, 0.4) is 0 Å². The minimum Gasteiger partial charge on any atom is -0.506 e. The van der Waals surface area contributed by atoms with Crippen molar-refractivity contribution in [2.75, 3.05) is 7.11 Å². The fraction of sp³-hybridized carbons (Fsp3) is 0.0714. The molecule has 0 aliphatic rings. The van der Waals surface area contributed by atoms with Crippen molar-refractivity contribution >= 4 is 17.1 Å². The molecule has 3 rings (SSSR count). The van der Waals surface area contributed by atoms with E-state index in [1.165, 1.54) is 0 Å². The first kappa shape index (κ1) is 11.9. The molecule has 2 aromatic heterocycles. The smallest absolute Gasteiger partial charge is 0.155 e. The van der Waals surface area contributed by atoms with E-state index in [1.54, 1.807) is 29.8 Å². The molecule has 0 unspecified atom stereocenters. The second-order valence-corrected chi connectivity index (χ2v) is 4.46. The van der Waals surface area contributed by atoms with Gasteiger partial charge in [0.15, 0.2) is 5.15 Å². The van der Waals surface area contributed by atoms with Gasteiger partial charge in [-0.15, -0.1) is 0 Å². The van der Waals surface area contributed by atoms with E-state index in [1.807, 2.05) is 24.3 Å². The zero-order valence-corrected chi connectivity index (χ0v) is 10.9. The first-order chi connectivity index (χ1) is 9.19. The summed E-state index contributed by atoms with van der Waals surface area (Å²) in [6.45, 7) is 0. The Hall–Kier alpha value is -2.20. The van der Waals surface area contributed by atoms with Crippen LogP contribution < -0.4 is 4.74 Å². The molecule has 4 nitrogen and oxygen atoms in total. The molecule has 0 spiro atoms. The Morgan fingerprint density at radius 3 is 2.58 bits per heavy atom. The standard InChI is InChI=1S/C14H11ClN2O2/c1-19-11-5-2-9(3-6-11)14-16-13(15)12-7-4-10(18)8-17(12)14/h2-8,18H,1H3. The van der Waals surface area contributed by atoms with E-state index in [9.17, 15) is 5.11 Å². The summed E-state index contributed by atoms with van der Waals surface area (Å²) in [6, 6.07) is 10.8. The van der Waals surface area contributed by atoms with Crippen molar-refractivity contribution < 1.29 is 9.84 Å². The number of nitrogens with zero attached hydrogens (tertiary/aromatic N) is 2. The molecular formula is C14H11ClN2O2. The van der Waals surface area contributed by atoms with Gasteiger partial charge >= 0.3 is 0 Å². The third-order valence-corrected chi connectivity index (χ3v) is 3.20. The summed E-state index contributed by atoms with van der Waals surface area (Å²) in [5.41, 5.74) is 1.65. The third-order valence-electron chi connectivity index (χ3n) is 2.92. The van der Waals surface area contributed by atoms with Crippen molar-refractivity contribution in [3.8, 4) is 22.9 Å². The van der Waals surface area contributed by atoms with E-state index in [4.69, 9.17) is 16.3 Å². The first-order valence-corrected chi connectivity index (χ1v) is 6.08. The van der Waals surface area contributed by atoms with Crippen molar-refractivity contribution in [1.29, 1.82) is 0 Å². The second-order valence-electron chi connectivity index (χ2n) is 4.10. The summed E-state index contributed by atoms with van der Waals surface area (Å²) in [7, 11) is 1.62. The zero-order valence-electron chi connectivity index (χ0n) is 10.2. The molecule has 0 aliphatic carbocycles. The predicted octanol–water partition coefficient (Wildman–Crippen LogP) is 3.37.